The van der Waals surface area contributed by atoms with Crippen LogP contribution in [0, 0.1) is 0 Å². The van der Waals surface area contributed by atoms with Crippen LogP contribution in [0.1, 0.15) is 29.1 Å². The Balaban J connectivity index is 1.44. The van der Waals surface area contributed by atoms with Gasteiger partial charge in [-0.25, -0.2) is 14.8 Å². The van der Waals surface area contributed by atoms with E-state index in [9.17, 15) is 4.79 Å². The lowest BCUT2D eigenvalue weighted by Gasteiger charge is -2.18. The zero-order chi connectivity index (χ0) is 17.8. The molecule has 1 aliphatic rings. The normalized spacial score (nSPS) is 13.8. The fourth-order valence-corrected chi connectivity index (χ4v) is 3.06. The van der Waals surface area contributed by atoms with E-state index in [1.54, 1.807) is 24.5 Å². The molecule has 132 valence electrons. The van der Waals surface area contributed by atoms with Crippen LogP contribution in [0.2, 0.25) is 0 Å². The number of esters is 1. The Morgan fingerprint density at radius 3 is 2.69 bits per heavy atom. The summed E-state index contributed by atoms with van der Waals surface area (Å²) >= 11 is 0. The Bertz CT molecular complexity index is 886. The standard InChI is InChI=1S/C20H19N3O3/c24-20(16-9-6-10-21-19(16)23-11-4-5-12-23)25-14-18-22-13-17(26-18)15-7-2-1-3-8-15/h1-3,6-10,13H,4-5,11-12,14H2. The fraction of sp³-hybridized carbons (Fsp3) is 0.250. The van der Waals surface area contributed by atoms with Crippen molar-refractivity contribution in [1.29, 1.82) is 0 Å². The molecule has 0 unspecified atom stereocenters. The van der Waals surface area contributed by atoms with Gasteiger partial charge in [-0.3, -0.25) is 0 Å². The monoisotopic (exact) mass is 349 g/mol. The molecular weight excluding hydrogens is 330 g/mol. The van der Waals surface area contributed by atoms with Gasteiger partial charge in [0.1, 0.15) is 11.4 Å². The number of ether oxygens (including phenoxy) is 1. The lowest BCUT2D eigenvalue weighted by Crippen LogP contribution is -2.22. The first-order chi connectivity index (χ1) is 12.8. The smallest absolute Gasteiger partial charge is 0.342 e. The van der Waals surface area contributed by atoms with E-state index in [-0.39, 0.29) is 6.61 Å². The van der Waals surface area contributed by atoms with Crippen LogP contribution in [0.15, 0.2) is 59.3 Å². The molecule has 0 atom stereocenters. The Labute approximate surface area is 151 Å². The first kappa shape index (κ1) is 16.3. The second-order valence-corrected chi connectivity index (χ2v) is 6.13. The molecule has 0 bridgehead atoms. The van der Waals surface area contributed by atoms with E-state index < -0.39 is 5.97 Å². The molecule has 2 aromatic heterocycles. The highest BCUT2D eigenvalue weighted by Gasteiger charge is 2.22. The minimum Gasteiger partial charge on any atom is -0.452 e. The maximum Gasteiger partial charge on any atom is 0.342 e. The third-order valence-corrected chi connectivity index (χ3v) is 4.35. The van der Waals surface area contributed by atoms with E-state index in [1.807, 2.05) is 30.3 Å². The summed E-state index contributed by atoms with van der Waals surface area (Å²) < 4.78 is 11.1. The predicted octanol–water partition coefficient (Wildman–Crippen LogP) is 3.69. The molecule has 0 spiro atoms. The van der Waals surface area contributed by atoms with Gasteiger partial charge in [-0.15, -0.1) is 0 Å². The van der Waals surface area contributed by atoms with Crippen molar-refractivity contribution in [3.8, 4) is 11.3 Å². The van der Waals surface area contributed by atoms with E-state index in [0.717, 1.165) is 31.5 Å². The zero-order valence-electron chi connectivity index (χ0n) is 14.3. The molecule has 6 heteroatoms. The van der Waals surface area contributed by atoms with E-state index in [0.29, 0.717) is 23.0 Å². The van der Waals surface area contributed by atoms with Crippen molar-refractivity contribution in [2.45, 2.75) is 19.4 Å². The molecule has 4 rings (SSSR count). The van der Waals surface area contributed by atoms with Gasteiger partial charge in [-0.2, -0.15) is 0 Å². The van der Waals surface area contributed by atoms with Gasteiger partial charge in [0, 0.05) is 24.8 Å². The summed E-state index contributed by atoms with van der Waals surface area (Å²) in [5.41, 5.74) is 1.41. The van der Waals surface area contributed by atoms with Gasteiger partial charge in [0.2, 0.25) is 5.89 Å². The molecule has 1 aromatic carbocycles. The minimum absolute atomic E-state index is 0.0139. The van der Waals surface area contributed by atoms with Gasteiger partial charge < -0.3 is 14.1 Å². The van der Waals surface area contributed by atoms with Gasteiger partial charge in [0.25, 0.3) is 0 Å². The molecule has 3 aromatic rings. The van der Waals surface area contributed by atoms with Crippen molar-refractivity contribution in [2.24, 2.45) is 0 Å². The molecule has 1 aliphatic heterocycles. The Kier molecular flexibility index (Phi) is 4.64. The maximum absolute atomic E-state index is 12.5. The second-order valence-electron chi connectivity index (χ2n) is 6.13. The van der Waals surface area contributed by atoms with Crippen molar-refractivity contribution in [2.75, 3.05) is 18.0 Å². The van der Waals surface area contributed by atoms with Crippen molar-refractivity contribution < 1.29 is 13.9 Å². The van der Waals surface area contributed by atoms with Crippen LogP contribution in [-0.2, 0) is 11.3 Å². The molecule has 0 aliphatic carbocycles. The SMILES string of the molecule is O=C(OCc1ncc(-c2ccccc2)o1)c1cccnc1N1CCCC1. The number of aromatic nitrogens is 2. The summed E-state index contributed by atoms with van der Waals surface area (Å²) in [5.74, 6) is 1.28. The quantitative estimate of drug-likeness (QED) is 0.654. The number of pyridine rings is 1. The number of hydrogen-bond donors (Lipinski definition) is 0. The predicted molar refractivity (Wildman–Crippen MR) is 96.7 cm³/mol. The number of oxazole rings is 1. The largest absolute Gasteiger partial charge is 0.452 e. The van der Waals surface area contributed by atoms with Crippen molar-refractivity contribution >= 4 is 11.8 Å². The lowest BCUT2D eigenvalue weighted by atomic mass is 10.2. The number of carbonyl (C=O) groups is 1. The van der Waals surface area contributed by atoms with Gasteiger partial charge >= 0.3 is 5.97 Å². The van der Waals surface area contributed by atoms with Crippen LogP contribution in [0.3, 0.4) is 0 Å². The lowest BCUT2D eigenvalue weighted by molar-refractivity contribution is 0.0439. The summed E-state index contributed by atoms with van der Waals surface area (Å²) in [6, 6.07) is 13.2. The van der Waals surface area contributed by atoms with E-state index in [4.69, 9.17) is 9.15 Å². The summed E-state index contributed by atoms with van der Waals surface area (Å²) in [5, 5.41) is 0. The summed E-state index contributed by atoms with van der Waals surface area (Å²) in [4.78, 5) is 23.2. The Hall–Kier alpha value is -3.15. The zero-order valence-corrected chi connectivity index (χ0v) is 14.3. The highest BCUT2D eigenvalue weighted by Crippen LogP contribution is 2.24. The van der Waals surface area contributed by atoms with Crippen molar-refractivity contribution in [3.63, 3.8) is 0 Å². The van der Waals surface area contributed by atoms with Crippen LogP contribution < -0.4 is 4.90 Å². The van der Waals surface area contributed by atoms with Crippen LogP contribution >= 0.6 is 0 Å². The van der Waals surface area contributed by atoms with Crippen LogP contribution in [0.4, 0.5) is 5.82 Å². The molecule has 26 heavy (non-hydrogen) atoms. The molecule has 1 saturated heterocycles. The number of rotatable bonds is 5. The number of carbonyl (C=O) groups excluding carboxylic acids is 1. The van der Waals surface area contributed by atoms with Gasteiger partial charge in [0.15, 0.2) is 12.4 Å². The number of anilines is 1. The highest BCUT2D eigenvalue weighted by atomic mass is 16.5. The summed E-state index contributed by atoms with van der Waals surface area (Å²) in [6.07, 6.45) is 5.57. The molecular formula is C20H19N3O3. The summed E-state index contributed by atoms with van der Waals surface area (Å²) in [6.45, 7) is 1.81. The van der Waals surface area contributed by atoms with Crippen molar-refractivity contribution in [3.05, 3.63) is 66.3 Å². The fourth-order valence-electron chi connectivity index (χ4n) is 3.06. The van der Waals surface area contributed by atoms with E-state index >= 15 is 0 Å². The average Bonchev–Trinajstić information content (AvgIpc) is 3.39. The molecule has 3 heterocycles. The molecule has 0 N–H and O–H groups in total. The number of benzene rings is 1. The molecule has 0 amide bonds. The number of nitrogens with zero attached hydrogens (tertiary/aromatic N) is 3. The van der Waals surface area contributed by atoms with Crippen molar-refractivity contribution in [1.82, 2.24) is 9.97 Å². The van der Waals surface area contributed by atoms with Gasteiger partial charge in [-0.05, 0) is 25.0 Å². The second kappa shape index (κ2) is 7.39. The van der Waals surface area contributed by atoms with Gasteiger partial charge in [-0.1, -0.05) is 30.3 Å². The van der Waals surface area contributed by atoms with Gasteiger partial charge in [0.05, 0.1) is 6.20 Å². The Morgan fingerprint density at radius 2 is 1.88 bits per heavy atom. The topological polar surface area (TPSA) is 68.5 Å². The summed E-state index contributed by atoms with van der Waals surface area (Å²) in [7, 11) is 0. The molecule has 0 saturated carbocycles. The Morgan fingerprint density at radius 1 is 1.08 bits per heavy atom. The average molecular weight is 349 g/mol. The molecule has 0 radical (unpaired) electrons. The maximum atomic E-state index is 12.5. The van der Waals surface area contributed by atoms with Crippen LogP contribution in [-0.4, -0.2) is 29.0 Å². The third kappa shape index (κ3) is 3.44. The molecule has 1 fully saturated rings. The minimum atomic E-state index is -0.417. The van der Waals surface area contributed by atoms with Crippen LogP contribution in [0.5, 0.6) is 0 Å². The van der Waals surface area contributed by atoms with E-state index in [2.05, 4.69) is 14.9 Å². The molecule has 6 nitrogen and oxygen atoms in total. The number of hydrogen-bond acceptors (Lipinski definition) is 6. The third-order valence-electron chi connectivity index (χ3n) is 4.35. The van der Waals surface area contributed by atoms with Crippen LogP contribution in [0.25, 0.3) is 11.3 Å². The van der Waals surface area contributed by atoms with E-state index in [1.165, 1.54) is 0 Å². The first-order valence-electron chi connectivity index (χ1n) is 8.68. The highest BCUT2D eigenvalue weighted by molar-refractivity contribution is 5.94. The first-order valence-corrected chi connectivity index (χ1v) is 8.68.